The third-order valence-electron chi connectivity index (χ3n) is 4.38. The van der Waals surface area contributed by atoms with Crippen LogP contribution in [0.2, 0.25) is 0 Å². The Balaban J connectivity index is 4.38. The summed E-state index contributed by atoms with van der Waals surface area (Å²) in [6.07, 6.45) is -47.1. The quantitative estimate of drug-likeness (QED) is 0.356. The van der Waals surface area contributed by atoms with Gasteiger partial charge in [0.2, 0.25) is 0 Å². The maximum Gasteiger partial charge on any atom is 0.405 e. The highest BCUT2D eigenvalue weighted by Gasteiger charge is 3.08. The molecule has 0 aromatic rings. The van der Waals surface area contributed by atoms with Gasteiger partial charge in [0.05, 0.1) is 11.8 Å². The highest BCUT2D eigenvalue weighted by atomic mass is 19.4. The largest absolute Gasteiger partial charge is 0.405 e. The van der Waals surface area contributed by atoms with E-state index < -0.39 is 59.7 Å². The molecule has 1 fully saturated rings. The number of hydrogen-bond donors (Lipinski definition) is 0. The number of hydrogen-bond acceptors (Lipinski definition) is 0. The minimum atomic E-state index is -8.09. The maximum atomic E-state index is 13.0. The molecule has 168 valence electrons. The van der Waals surface area contributed by atoms with Crippen LogP contribution in [0.3, 0.4) is 0 Å². The second-order valence-corrected chi connectivity index (χ2v) is 5.65. The van der Waals surface area contributed by atoms with Crippen molar-refractivity contribution in [2.24, 2.45) is 22.7 Å². The third-order valence-corrected chi connectivity index (χ3v) is 4.38. The molecule has 0 aromatic carbocycles. The molecule has 0 radical (unpaired) electrons. The Bertz CT molecular complexity index is 505. The Morgan fingerprint density at radius 1 is 0.321 bits per heavy atom. The first-order valence-corrected chi connectivity index (χ1v) is 6.14. The van der Waals surface area contributed by atoms with E-state index in [2.05, 4.69) is 0 Å². The number of alkyl halides is 18. The van der Waals surface area contributed by atoms with Crippen LogP contribution in [-0.2, 0) is 0 Å². The zero-order valence-corrected chi connectivity index (χ0v) is 12.0. The molecule has 0 amide bonds. The lowest BCUT2D eigenvalue weighted by Crippen LogP contribution is -2.88. The zero-order chi connectivity index (χ0) is 23.2. The number of rotatable bonds is 0. The van der Waals surface area contributed by atoms with Gasteiger partial charge in [-0.3, -0.25) is 0 Å². The highest BCUT2D eigenvalue weighted by molar-refractivity contribution is 5.30. The molecular formula is C10H2F18. The van der Waals surface area contributed by atoms with Crippen molar-refractivity contribution in [3.05, 3.63) is 0 Å². The summed E-state index contributed by atoms with van der Waals surface area (Å²) in [7, 11) is 0. The summed E-state index contributed by atoms with van der Waals surface area (Å²) in [6.45, 7) is 0. The van der Waals surface area contributed by atoms with E-state index in [0.717, 1.165) is 0 Å². The van der Waals surface area contributed by atoms with Gasteiger partial charge in [-0.1, -0.05) is 0 Å². The Hall–Kier alpha value is -1.26. The Morgan fingerprint density at radius 3 is 0.536 bits per heavy atom. The van der Waals surface area contributed by atoms with Crippen LogP contribution in [0.15, 0.2) is 0 Å². The third kappa shape index (κ3) is 2.71. The van der Waals surface area contributed by atoms with Crippen molar-refractivity contribution in [3.63, 3.8) is 0 Å². The first-order valence-electron chi connectivity index (χ1n) is 6.14. The second kappa shape index (κ2) is 5.66. The van der Waals surface area contributed by atoms with Crippen molar-refractivity contribution in [1.82, 2.24) is 0 Å². The van der Waals surface area contributed by atoms with Crippen molar-refractivity contribution in [1.29, 1.82) is 0 Å². The van der Waals surface area contributed by atoms with Gasteiger partial charge in [0.15, 0.2) is 10.8 Å². The summed E-state index contributed by atoms with van der Waals surface area (Å²) in [5.74, 6) is -12.3. The SMILES string of the molecule is FC(F)(F)C1C(C(F)(F)F)C(C(F)(F)F)(C(F)(F)F)C1(C(F)(F)F)C(F)(F)F. The highest BCUT2D eigenvalue weighted by Crippen LogP contribution is 2.87. The fraction of sp³-hybridized carbons (Fsp3) is 1.00. The van der Waals surface area contributed by atoms with Gasteiger partial charge in [0.25, 0.3) is 0 Å². The predicted octanol–water partition coefficient (Wildman–Crippen LogP) is 6.58. The van der Waals surface area contributed by atoms with Crippen LogP contribution >= 0.6 is 0 Å². The minimum Gasteiger partial charge on any atom is -0.171 e. The fourth-order valence-corrected chi connectivity index (χ4v) is 3.68. The molecular weight excluding hydrogens is 462 g/mol. The first-order chi connectivity index (χ1) is 11.7. The number of halogens is 18. The molecule has 0 aromatic heterocycles. The standard InChI is InChI=1S/C10H2F18/c11-5(12,13)1-2(6(14,15)16)4(9(23,24)25,10(26,27)28)3(1,7(17,18)19)8(20,21)22/h1-2H. The van der Waals surface area contributed by atoms with E-state index in [4.69, 9.17) is 0 Å². The zero-order valence-electron chi connectivity index (χ0n) is 12.0. The molecule has 0 heterocycles. The molecule has 0 spiro atoms. The van der Waals surface area contributed by atoms with E-state index in [1.54, 1.807) is 0 Å². The van der Waals surface area contributed by atoms with E-state index in [1.165, 1.54) is 0 Å². The molecule has 2 atom stereocenters. The first kappa shape index (κ1) is 24.8. The normalized spacial score (nSPS) is 26.8. The average Bonchev–Trinajstić information content (AvgIpc) is 2.13. The van der Waals surface area contributed by atoms with Crippen LogP contribution < -0.4 is 0 Å². The van der Waals surface area contributed by atoms with Gasteiger partial charge in [-0.25, -0.2) is 0 Å². The Morgan fingerprint density at radius 2 is 0.464 bits per heavy atom. The van der Waals surface area contributed by atoms with Crippen LogP contribution in [-0.4, -0.2) is 37.1 Å². The van der Waals surface area contributed by atoms with Gasteiger partial charge in [0.1, 0.15) is 0 Å². The minimum absolute atomic E-state index is 6.15. The lowest BCUT2D eigenvalue weighted by Gasteiger charge is -2.67. The molecule has 0 nitrogen and oxygen atoms in total. The molecule has 18 heteroatoms. The summed E-state index contributed by atoms with van der Waals surface area (Å²) >= 11 is 0. The molecule has 0 N–H and O–H groups in total. The molecule has 1 aliphatic carbocycles. The van der Waals surface area contributed by atoms with E-state index >= 15 is 0 Å². The van der Waals surface area contributed by atoms with Crippen LogP contribution in [0, 0.1) is 22.7 Å². The van der Waals surface area contributed by atoms with E-state index in [1.807, 2.05) is 0 Å². The molecule has 0 saturated heterocycles. The molecule has 0 bridgehead atoms. The van der Waals surface area contributed by atoms with Gasteiger partial charge in [-0.2, -0.15) is 79.0 Å². The Labute approximate surface area is 140 Å². The molecule has 28 heavy (non-hydrogen) atoms. The predicted molar refractivity (Wildman–Crippen MR) is 48.2 cm³/mol. The average molecular weight is 464 g/mol. The fourth-order valence-electron chi connectivity index (χ4n) is 3.68. The smallest absolute Gasteiger partial charge is 0.171 e. The van der Waals surface area contributed by atoms with Gasteiger partial charge in [-0.05, 0) is 0 Å². The van der Waals surface area contributed by atoms with Crippen molar-refractivity contribution < 1.29 is 79.0 Å². The van der Waals surface area contributed by atoms with E-state index in [9.17, 15) is 79.0 Å². The van der Waals surface area contributed by atoms with Gasteiger partial charge in [0, 0.05) is 0 Å². The molecule has 1 aliphatic rings. The van der Waals surface area contributed by atoms with Crippen LogP contribution in [0.25, 0.3) is 0 Å². The van der Waals surface area contributed by atoms with Gasteiger partial charge < -0.3 is 0 Å². The second-order valence-electron chi connectivity index (χ2n) is 5.65. The van der Waals surface area contributed by atoms with Crippen molar-refractivity contribution in [2.45, 2.75) is 37.1 Å². The monoisotopic (exact) mass is 464 g/mol. The van der Waals surface area contributed by atoms with Crippen molar-refractivity contribution >= 4 is 0 Å². The molecule has 1 saturated carbocycles. The van der Waals surface area contributed by atoms with Crippen LogP contribution in [0.1, 0.15) is 0 Å². The summed E-state index contributed by atoms with van der Waals surface area (Å²) in [5.41, 5.74) is -15.8. The van der Waals surface area contributed by atoms with E-state index in [-0.39, 0.29) is 0 Å². The lowest BCUT2D eigenvalue weighted by atomic mass is 9.35. The molecule has 2 unspecified atom stereocenters. The van der Waals surface area contributed by atoms with Gasteiger partial charge in [-0.15, -0.1) is 0 Å². The van der Waals surface area contributed by atoms with Crippen molar-refractivity contribution in [3.8, 4) is 0 Å². The summed E-state index contributed by atoms with van der Waals surface area (Å²) in [5, 5.41) is 0. The van der Waals surface area contributed by atoms with Gasteiger partial charge >= 0.3 is 37.1 Å². The maximum absolute atomic E-state index is 13.0. The van der Waals surface area contributed by atoms with Crippen LogP contribution in [0.5, 0.6) is 0 Å². The molecule has 0 aliphatic heterocycles. The van der Waals surface area contributed by atoms with Crippen LogP contribution in [0.4, 0.5) is 79.0 Å². The Kier molecular flexibility index (Phi) is 5.01. The van der Waals surface area contributed by atoms with Crippen molar-refractivity contribution in [2.75, 3.05) is 0 Å². The summed E-state index contributed by atoms with van der Waals surface area (Å²) < 4.78 is 232. The topological polar surface area (TPSA) is 0 Å². The molecule has 1 rings (SSSR count). The summed E-state index contributed by atoms with van der Waals surface area (Å²) in [6, 6.07) is 0. The van der Waals surface area contributed by atoms with E-state index in [0.29, 0.717) is 0 Å². The summed E-state index contributed by atoms with van der Waals surface area (Å²) in [4.78, 5) is 0. The lowest BCUT2D eigenvalue weighted by molar-refractivity contribution is -0.585.